The maximum absolute atomic E-state index is 5.38. The van der Waals surface area contributed by atoms with Gasteiger partial charge in [0, 0.05) is 10.9 Å². The Morgan fingerprint density at radius 1 is 1.16 bits per heavy atom. The smallest absolute Gasteiger partial charge is 0.203 e. The lowest BCUT2D eigenvalue weighted by molar-refractivity contribution is 0.354. The summed E-state index contributed by atoms with van der Waals surface area (Å²) in [6.45, 7) is 3.98. The summed E-state index contributed by atoms with van der Waals surface area (Å²) in [7, 11) is 3.26. The standard InChI is InChI=1S/C18H19N3O2S2/c1-11-8-15(22-3)16(23-4)9-13(11)12(2)20-21-18-19-14(10-25-18)17-6-5-7-24-17/h5-10H,1-4H3,(H,19,21). The van der Waals surface area contributed by atoms with Crippen LogP contribution in [0.15, 0.2) is 40.1 Å². The van der Waals surface area contributed by atoms with E-state index in [1.807, 2.05) is 42.8 Å². The monoisotopic (exact) mass is 373 g/mol. The van der Waals surface area contributed by atoms with Crippen molar-refractivity contribution >= 4 is 33.5 Å². The molecule has 2 heterocycles. The van der Waals surface area contributed by atoms with E-state index in [0.717, 1.165) is 32.5 Å². The fourth-order valence-electron chi connectivity index (χ4n) is 2.42. The van der Waals surface area contributed by atoms with Gasteiger partial charge in [-0.15, -0.1) is 22.7 Å². The van der Waals surface area contributed by atoms with Crippen LogP contribution in [0.3, 0.4) is 0 Å². The number of aromatic nitrogens is 1. The second-order valence-electron chi connectivity index (χ2n) is 5.35. The first-order chi connectivity index (χ1) is 12.1. The van der Waals surface area contributed by atoms with Gasteiger partial charge in [-0.3, -0.25) is 5.43 Å². The van der Waals surface area contributed by atoms with E-state index in [4.69, 9.17) is 9.47 Å². The highest BCUT2D eigenvalue weighted by Gasteiger charge is 2.11. The SMILES string of the molecule is COc1cc(C)c(C(C)=NNc2nc(-c3cccs3)cs2)cc1OC. The molecule has 3 rings (SSSR count). The van der Waals surface area contributed by atoms with Gasteiger partial charge in [0.25, 0.3) is 0 Å². The first-order valence-electron chi connectivity index (χ1n) is 7.65. The Kier molecular flexibility index (Phi) is 5.35. The molecule has 0 atom stereocenters. The molecule has 0 bridgehead atoms. The van der Waals surface area contributed by atoms with Gasteiger partial charge in [0.2, 0.25) is 5.13 Å². The lowest BCUT2D eigenvalue weighted by atomic mass is 10.0. The van der Waals surface area contributed by atoms with Gasteiger partial charge in [0.05, 0.1) is 30.5 Å². The van der Waals surface area contributed by atoms with Crippen LogP contribution in [-0.2, 0) is 0 Å². The molecule has 130 valence electrons. The van der Waals surface area contributed by atoms with Gasteiger partial charge in [-0.2, -0.15) is 5.10 Å². The van der Waals surface area contributed by atoms with Gasteiger partial charge in [0.1, 0.15) is 0 Å². The summed E-state index contributed by atoms with van der Waals surface area (Å²) in [6.07, 6.45) is 0. The van der Waals surface area contributed by atoms with Crippen molar-refractivity contribution in [3.05, 3.63) is 46.2 Å². The second kappa shape index (κ2) is 7.67. The highest BCUT2D eigenvalue weighted by atomic mass is 32.1. The molecule has 0 aliphatic carbocycles. The van der Waals surface area contributed by atoms with Crippen molar-refractivity contribution in [1.82, 2.24) is 4.98 Å². The summed E-state index contributed by atoms with van der Waals surface area (Å²) < 4.78 is 10.7. The number of rotatable bonds is 6. The molecule has 1 N–H and O–H groups in total. The zero-order valence-electron chi connectivity index (χ0n) is 14.5. The number of benzene rings is 1. The molecule has 1 aromatic carbocycles. The number of nitrogens with zero attached hydrogens (tertiary/aromatic N) is 2. The maximum atomic E-state index is 5.38. The molecule has 0 saturated carbocycles. The molecule has 0 fully saturated rings. The third-order valence-corrected chi connectivity index (χ3v) is 5.36. The summed E-state index contributed by atoms with van der Waals surface area (Å²) in [5, 5.41) is 9.31. The number of hydrogen-bond acceptors (Lipinski definition) is 7. The van der Waals surface area contributed by atoms with Gasteiger partial charge in [-0.1, -0.05) is 6.07 Å². The Morgan fingerprint density at radius 2 is 1.92 bits per heavy atom. The van der Waals surface area contributed by atoms with E-state index < -0.39 is 0 Å². The number of anilines is 1. The van der Waals surface area contributed by atoms with Crippen LogP contribution in [0.2, 0.25) is 0 Å². The van der Waals surface area contributed by atoms with Gasteiger partial charge in [0.15, 0.2) is 11.5 Å². The number of thiophene rings is 1. The predicted octanol–water partition coefficient (Wildman–Crippen LogP) is 5.03. The van der Waals surface area contributed by atoms with Crippen LogP contribution in [0.4, 0.5) is 5.13 Å². The van der Waals surface area contributed by atoms with Crippen molar-refractivity contribution in [3.8, 4) is 22.1 Å². The maximum Gasteiger partial charge on any atom is 0.203 e. The zero-order chi connectivity index (χ0) is 17.8. The summed E-state index contributed by atoms with van der Waals surface area (Å²) in [6, 6.07) is 7.97. The summed E-state index contributed by atoms with van der Waals surface area (Å²) in [5.74, 6) is 1.40. The molecule has 0 radical (unpaired) electrons. The molecule has 2 aromatic heterocycles. The Morgan fingerprint density at radius 3 is 2.60 bits per heavy atom. The Labute approximate surface area is 155 Å². The van der Waals surface area contributed by atoms with E-state index in [2.05, 4.69) is 21.6 Å². The van der Waals surface area contributed by atoms with E-state index in [9.17, 15) is 0 Å². The fourth-order valence-corrected chi connectivity index (χ4v) is 3.84. The van der Waals surface area contributed by atoms with Crippen LogP contribution in [-0.4, -0.2) is 24.9 Å². The van der Waals surface area contributed by atoms with Crippen LogP contribution >= 0.6 is 22.7 Å². The number of nitrogens with one attached hydrogen (secondary N) is 1. The number of hydrazone groups is 1. The molecule has 0 spiro atoms. The molecular formula is C18H19N3O2S2. The van der Waals surface area contributed by atoms with Crippen molar-refractivity contribution in [3.63, 3.8) is 0 Å². The number of aryl methyl sites for hydroxylation is 1. The molecular weight excluding hydrogens is 354 g/mol. The van der Waals surface area contributed by atoms with Crippen LogP contribution in [0.1, 0.15) is 18.1 Å². The molecule has 0 saturated heterocycles. The summed E-state index contributed by atoms with van der Waals surface area (Å²) >= 11 is 3.21. The van der Waals surface area contributed by atoms with Crippen molar-refractivity contribution in [2.75, 3.05) is 19.6 Å². The molecule has 0 aliphatic rings. The lowest BCUT2D eigenvalue weighted by Crippen LogP contribution is -2.03. The van der Waals surface area contributed by atoms with E-state index in [1.54, 1.807) is 25.6 Å². The van der Waals surface area contributed by atoms with Crippen molar-refractivity contribution in [2.24, 2.45) is 5.10 Å². The van der Waals surface area contributed by atoms with Crippen molar-refractivity contribution < 1.29 is 9.47 Å². The third-order valence-electron chi connectivity index (χ3n) is 3.72. The van der Waals surface area contributed by atoms with Gasteiger partial charge in [-0.25, -0.2) is 4.98 Å². The van der Waals surface area contributed by atoms with Gasteiger partial charge in [-0.05, 0) is 43.0 Å². The number of ether oxygens (including phenoxy) is 2. The first-order valence-corrected chi connectivity index (χ1v) is 9.41. The normalized spacial score (nSPS) is 11.4. The van der Waals surface area contributed by atoms with Crippen LogP contribution in [0.25, 0.3) is 10.6 Å². The molecule has 0 amide bonds. The molecule has 25 heavy (non-hydrogen) atoms. The quantitative estimate of drug-likeness (QED) is 0.486. The van der Waals surface area contributed by atoms with Crippen molar-refractivity contribution in [1.29, 1.82) is 0 Å². The minimum absolute atomic E-state index is 0.687. The summed E-state index contributed by atoms with van der Waals surface area (Å²) in [4.78, 5) is 5.72. The summed E-state index contributed by atoms with van der Waals surface area (Å²) in [5.41, 5.74) is 6.94. The molecule has 0 unspecified atom stereocenters. The minimum atomic E-state index is 0.687. The van der Waals surface area contributed by atoms with Crippen LogP contribution < -0.4 is 14.9 Å². The Hall–Kier alpha value is -2.38. The number of hydrogen-bond donors (Lipinski definition) is 1. The third kappa shape index (κ3) is 3.83. The molecule has 0 aliphatic heterocycles. The average Bonchev–Trinajstić information content (AvgIpc) is 3.30. The fraction of sp³-hybridized carbons (Fsp3) is 0.222. The van der Waals surface area contributed by atoms with Crippen molar-refractivity contribution in [2.45, 2.75) is 13.8 Å². The Bertz CT molecular complexity index is 886. The highest BCUT2D eigenvalue weighted by Crippen LogP contribution is 2.31. The minimum Gasteiger partial charge on any atom is -0.493 e. The van der Waals surface area contributed by atoms with Gasteiger partial charge < -0.3 is 9.47 Å². The zero-order valence-corrected chi connectivity index (χ0v) is 16.1. The number of thiazole rings is 1. The average molecular weight is 374 g/mol. The van der Waals surface area contributed by atoms with E-state index in [0.29, 0.717) is 11.5 Å². The molecule has 7 heteroatoms. The largest absolute Gasteiger partial charge is 0.493 e. The van der Waals surface area contributed by atoms with Crippen LogP contribution in [0.5, 0.6) is 11.5 Å². The predicted molar refractivity (Wildman–Crippen MR) is 106 cm³/mol. The highest BCUT2D eigenvalue weighted by molar-refractivity contribution is 7.15. The van der Waals surface area contributed by atoms with E-state index >= 15 is 0 Å². The number of methoxy groups -OCH3 is 2. The van der Waals surface area contributed by atoms with E-state index in [-0.39, 0.29) is 0 Å². The first kappa shape index (κ1) is 17.4. The van der Waals surface area contributed by atoms with E-state index in [1.165, 1.54) is 11.3 Å². The molecule has 5 nitrogen and oxygen atoms in total. The topological polar surface area (TPSA) is 55.7 Å². The molecule has 3 aromatic rings. The second-order valence-corrected chi connectivity index (χ2v) is 7.15. The lowest BCUT2D eigenvalue weighted by Gasteiger charge is -2.12. The Balaban J connectivity index is 1.80. The van der Waals surface area contributed by atoms with Gasteiger partial charge >= 0.3 is 0 Å². The van der Waals surface area contributed by atoms with Crippen LogP contribution in [0, 0.1) is 6.92 Å².